The van der Waals surface area contributed by atoms with E-state index in [1.165, 1.54) is 38.5 Å². The van der Waals surface area contributed by atoms with Crippen molar-refractivity contribution < 1.29 is 30.3 Å². The molecule has 32 heavy (non-hydrogen) atoms. The molecule has 190 valence electrons. The molecule has 0 radical (unpaired) electrons. The van der Waals surface area contributed by atoms with Crippen molar-refractivity contribution in [3.8, 4) is 0 Å². The fraction of sp³-hybridized carbons (Fsp3) is 0.923. The molecular formula is C26H50O6. The lowest BCUT2D eigenvalue weighted by Gasteiger charge is -2.45. The van der Waals surface area contributed by atoms with Crippen molar-refractivity contribution in [2.75, 3.05) is 6.61 Å². The van der Waals surface area contributed by atoms with Crippen LogP contribution in [-0.2, 0) is 4.74 Å². The van der Waals surface area contributed by atoms with Crippen LogP contribution in [0.1, 0.15) is 98.8 Å². The maximum absolute atomic E-state index is 10.7. The second kappa shape index (κ2) is 14.7. The van der Waals surface area contributed by atoms with E-state index in [0.29, 0.717) is 5.92 Å². The molecule has 1 rings (SSSR count). The van der Waals surface area contributed by atoms with Crippen LogP contribution in [0.15, 0.2) is 11.6 Å². The van der Waals surface area contributed by atoms with E-state index in [2.05, 4.69) is 27.7 Å². The highest BCUT2D eigenvalue weighted by atomic mass is 16.6. The number of hydrogen-bond donors (Lipinski definition) is 5. The van der Waals surface area contributed by atoms with E-state index in [4.69, 9.17) is 9.84 Å². The molecule has 0 aromatic rings. The summed E-state index contributed by atoms with van der Waals surface area (Å²) in [5.74, 6) is 2.31. The van der Waals surface area contributed by atoms with Gasteiger partial charge in [-0.2, -0.15) is 0 Å². The fourth-order valence-electron chi connectivity index (χ4n) is 4.53. The Morgan fingerprint density at radius 1 is 0.906 bits per heavy atom. The maximum Gasteiger partial charge on any atom is 0.187 e. The third-order valence-electron chi connectivity index (χ3n) is 7.05. The number of ether oxygens (including phenoxy) is 1. The molecule has 1 aliphatic rings. The predicted molar refractivity (Wildman–Crippen MR) is 128 cm³/mol. The summed E-state index contributed by atoms with van der Waals surface area (Å²) in [6.07, 6.45) is 6.92. The first-order valence-corrected chi connectivity index (χ1v) is 12.7. The van der Waals surface area contributed by atoms with Crippen LogP contribution in [0, 0.1) is 17.8 Å². The molecule has 0 aliphatic carbocycles. The third kappa shape index (κ3) is 9.78. The van der Waals surface area contributed by atoms with E-state index in [0.717, 1.165) is 36.7 Å². The number of aliphatic hydroxyl groups is 5. The Bertz CT molecular complexity index is 536. The van der Waals surface area contributed by atoms with Gasteiger partial charge < -0.3 is 30.3 Å². The number of allylic oxidation sites excluding steroid dienone is 1. The van der Waals surface area contributed by atoms with E-state index < -0.39 is 36.8 Å². The molecule has 0 bridgehead atoms. The predicted octanol–water partition coefficient (Wildman–Crippen LogP) is 3.92. The second-order valence-corrected chi connectivity index (χ2v) is 10.7. The highest BCUT2D eigenvalue weighted by molar-refractivity contribution is 5.08. The molecule has 1 fully saturated rings. The standard InChI is InChI=1S/C26H50O6/c1-18(2)9-6-10-19(3)11-7-12-20(4)13-8-14-21(5)15-16-26(31)24(29)23(28)22(17-27)32-25(26)30/h15,18-20,22-25,27-31H,6-14,16-17H2,1-5H3/t19?,20?,22-,23-,24+,25+,26-/m1/s1. The zero-order valence-electron chi connectivity index (χ0n) is 21.0. The largest absolute Gasteiger partial charge is 0.394 e. The van der Waals surface area contributed by atoms with Gasteiger partial charge in [-0.15, -0.1) is 0 Å². The van der Waals surface area contributed by atoms with Gasteiger partial charge in [0.05, 0.1) is 6.61 Å². The molecule has 0 spiro atoms. The Kier molecular flexibility index (Phi) is 13.6. The Labute approximate surface area is 195 Å². The smallest absolute Gasteiger partial charge is 0.187 e. The van der Waals surface area contributed by atoms with Crippen LogP contribution in [0.25, 0.3) is 0 Å². The molecule has 0 aromatic heterocycles. The minimum absolute atomic E-state index is 0.0272. The summed E-state index contributed by atoms with van der Waals surface area (Å²) >= 11 is 0. The molecule has 0 amide bonds. The van der Waals surface area contributed by atoms with Crippen LogP contribution in [0.5, 0.6) is 0 Å². The Morgan fingerprint density at radius 3 is 1.97 bits per heavy atom. The van der Waals surface area contributed by atoms with Crippen LogP contribution in [0.3, 0.4) is 0 Å². The molecule has 1 aliphatic heterocycles. The highest BCUT2D eigenvalue weighted by Gasteiger charge is 2.53. The molecular weight excluding hydrogens is 408 g/mol. The second-order valence-electron chi connectivity index (χ2n) is 10.7. The lowest BCUT2D eigenvalue weighted by Crippen LogP contribution is -2.66. The lowest BCUT2D eigenvalue weighted by molar-refractivity contribution is -0.328. The van der Waals surface area contributed by atoms with Gasteiger partial charge in [0.25, 0.3) is 0 Å². The summed E-state index contributed by atoms with van der Waals surface area (Å²) < 4.78 is 5.08. The van der Waals surface area contributed by atoms with Crippen LogP contribution in [0.2, 0.25) is 0 Å². The van der Waals surface area contributed by atoms with Crippen LogP contribution < -0.4 is 0 Å². The van der Waals surface area contributed by atoms with Gasteiger partial charge in [0.1, 0.15) is 23.9 Å². The van der Waals surface area contributed by atoms with Crippen molar-refractivity contribution in [2.45, 2.75) is 129 Å². The van der Waals surface area contributed by atoms with E-state index in [1.807, 2.05) is 6.92 Å². The number of hydrogen-bond acceptors (Lipinski definition) is 6. The lowest BCUT2D eigenvalue weighted by atomic mass is 9.83. The normalized spacial score (nSPS) is 31.2. The van der Waals surface area contributed by atoms with Gasteiger partial charge in [-0.05, 0) is 37.5 Å². The molecule has 6 nitrogen and oxygen atoms in total. The quantitative estimate of drug-likeness (QED) is 0.238. The molecule has 2 unspecified atom stereocenters. The maximum atomic E-state index is 10.7. The van der Waals surface area contributed by atoms with Gasteiger partial charge >= 0.3 is 0 Å². The molecule has 0 saturated carbocycles. The van der Waals surface area contributed by atoms with E-state index in [9.17, 15) is 20.4 Å². The topological polar surface area (TPSA) is 110 Å². The first kappa shape index (κ1) is 29.5. The van der Waals surface area contributed by atoms with Crippen molar-refractivity contribution >= 4 is 0 Å². The van der Waals surface area contributed by atoms with E-state index in [-0.39, 0.29) is 6.42 Å². The first-order valence-electron chi connectivity index (χ1n) is 12.7. The average molecular weight is 459 g/mol. The van der Waals surface area contributed by atoms with E-state index in [1.54, 1.807) is 6.08 Å². The van der Waals surface area contributed by atoms with Crippen molar-refractivity contribution in [2.24, 2.45) is 17.8 Å². The number of aliphatic hydroxyl groups excluding tert-OH is 4. The van der Waals surface area contributed by atoms with Gasteiger partial charge in [0, 0.05) is 6.42 Å². The van der Waals surface area contributed by atoms with Gasteiger partial charge in [0.15, 0.2) is 6.29 Å². The monoisotopic (exact) mass is 458 g/mol. The van der Waals surface area contributed by atoms with Crippen molar-refractivity contribution in [3.63, 3.8) is 0 Å². The summed E-state index contributed by atoms with van der Waals surface area (Å²) in [5.41, 5.74) is -0.923. The zero-order valence-corrected chi connectivity index (χ0v) is 21.0. The van der Waals surface area contributed by atoms with Gasteiger partial charge in [-0.3, -0.25) is 0 Å². The Morgan fingerprint density at radius 2 is 1.44 bits per heavy atom. The van der Waals surface area contributed by atoms with Crippen LogP contribution in [0.4, 0.5) is 0 Å². The third-order valence-corrected chi connectivity index (χ3v) is 7.05. The summed E-state index contributed by atoms with van der Waals surface area (Å²) in [6.45, 7) is 10.7. The Balaban J connectivity index is 2.30. The zero-order chi connectivity index (χ0) is 24.3. The summed E-state index contributed by atoms with van der Waals surface area (Å²) in [6, 6.07) is 0. The molecule has 1 saturated heterocycles. The van der Waals surface area contributed by atoms with Gasteiger partial charge in [-0.1, -0.05) is 84.3 Å². The SMILES string of the molecule is CC(=CC[C@]1(O)[C@@H](O)O[C@H](CO)[C@@H](O)[C@@H]1O)CCCC(C)CCCC(C)CCCC(C)C. The minimum atomic E-state index is -1.99. The summed E-state index contributed by atoms with van der Waals surface area (Å²) in [5, 5.41) is 50.2. The van der Waals surface area contributed by atoms with E-state index >= 15 is 0 Å². The molecule has 5 N–H and O–H groups in total. The minimum Gasteiger partial charge on any atom is -0.394 e. The fourth-order valence-corrected chi connectivity index (χ4v) is 4.53. The molecule has 0 aromatic carbocycles. The summed E-state index contributed by atoms with van der Waals surface area (Å²) in [7, 11) is 0. The van der Waals surface area contributed by atoms with Gasteiger partial charge in [0.2, 0.25) is 0 Å². The van der Waals surface area contributed by atoms with Crippen molar-refractivity contribution in [1.29, 1.82) is 0 Å². The first-order chi connectivity index (χ1) is 15.0. The van der Waals surface area contributed by atoms with Crippen molar-refractivity contribution in [3.05, 3.63) is 11.6 Å². The highest BCUT2D eigenvalue weighted by Crippen LogP contribution is 2.32. The number of rotatable bonds is 15. The molecule has 7 atom stereocenters. The van der Waals surface area contributed by atoms with Gasteiger partial charge in [-0.25, -0.2) is 0 Å². The van der Waals surface area contributed by atoms with Crippen molar-refractivity contribution in [1.82, 2.24) is 0 Å². The average Bonchev–Trinajstić information content (AvgIpc) is 2.73. The molecule has 6 heteroatoms. The summed E-state index contributed by atoms with van der Waals surface area (Å²) in [4.78, 5) is 0. The van der Waals surface area contributed by atoms with Crippen LogP contribution in [-0.4, -0.2) is 62.3 Å². The van der Waals surface area contributed by atoms with Crippen LogP contribution >= 0.6 is 0 Å². The Hall–Kier alpha value is -0.500. The molecule has 1 heterocycles.